The summed E-state index contributed by atoms with van der Waals surface area (Å²) in [6.45, 7) is 1.32. The van der Waals surface area contributed by atoms with Crippen LogP contribution in [0.25, 0.3) is 0 Å². The first-order chi connectivity index (χ1) is 30.7. The molecular weight excluding hydrogens is 886 g/mol. The van der Waals surface area contributed by atoms with Crippen molar-refractivity contribution in [3.05, 3.63) is 0 Å². The van der Waals surface area contributed by atoms with Gasteiger partial charge in [0.1, 0.15) is 116 Å². The molecule has 0 spiro atoms. The monoisotopic (exact) mass is 949 g/mol. The van der Waals surface area contributed by atoms with Crippen LogP contribution in [0.2, 0.25) is 0 Å². The van der Waals surface area contributed by atoms with E-state index in [2.05, 4.69) is 16.0 Å². The van der Waals surface area contributed by atoms with Crippen molar-refractivity contribution in [1.82, 2.24) is 16.0 Å². The molecule has 5 heterocycles. The van der Waals surface area contributed by atoms with E-state index in [4.69, 9.17) is 47.4 Å². The van der Waals surface area contributed by atoms with Crippen LogP contribution >= 0.6 is 0 Å². The summed E-state index contributed by atoms with van der Waals surface area (Å²) in [6.07, 6.45) is -37.2. The Labute approximate surface area is 371 Å². The summed E-state index contributed by atoms with van der Waals surface area (Å²) in [5.41, 5.74) is 0. The van der Waals surface area contributed by atoms with Gasteiger partial charge in [0.25, 0.3) is 0 Å². The van der Waals surface area contributed by atoms with Crippen LogP contribution in [0.1, 0.15) is 27.7 Å². The second kappa shape index (κ2) is 23.2. The maximum Gasteiger partial charge on any atom is 0.217 e. The summed E-state index contributed by atoms with van der Waals surface area (Å²) in [6, 6.07) is -4.50. The SMILES string of the molecule is CO[C@H]1O[C@H](CO[C@@H]2O[C@H](CO)[C@@H](O[C@@H]3O[C@H](CO)[C@H](O)[C@H](O)[C@H]3NC(C)=O)[C@H](O[C@@H]3O[C@@H](C)[C@@H](O)[C@@H](O)[C@@H]3O)[C@H]2NC(C)=O)[C@H](O)[C@H](O[C@@H]2O[C@H](CO)[C@H](O)[C@H](O)[C@H]2O)[C@H]1NC(C)=O. The molecule has 376 valence electrons. The molecule has 0 radical (unpaired) electrons. The highest BCUT2D eigenvalue weighted by Gasteiger charge is 2.57. The minimum absolute atomic E-state index is 0.653. The Morgan fingerprint density at radius 2 is 0.877 bits per heavy atom. The zero-order valence-corrected chi connectivity index (χ0v) is 35.9. The van der Waals surface area contributed by atoms with Gasteiger partial charge >= 0.3 is 0 Å². The number of aliphatic hydroxyl groups is 12. The van der Waals surface area contributed by atoms with Crippen LogP contribution in [0.5, 0.6) is 0 Å². The lowest BCUT2D eigenvalue weighted by Crippen LogP contribution is -2.71. The Hall–Kier alpha value is -2.47. The fourth-order valence-electron chi connectivity index (χ4n) is 8.26. The van der Waals surface area contributed by atoms with Crippen LogP contribution in [0.15, 0.2) is 0 Å². The van der Waals surface area contributed by atoms with Gasteiger partial charge in [0.2, 0.25) is 17.7 Å². The number of aliphatic hydroxyl groups excluding tert-OH is 12. The van der Waals surface area contributed by atoms with Crippen LogP contribution in [-0.2, 0) is 61.8 Å². The molecule has 0 aromatic rings. The highest BCUT2D eigenvalue weighted by molar-refractivity contribution is 5.74. The standard InChI is InChI=1S/C37H63N3O25/c1-10-21(47)26(52)28(54)36(58-10)65-32-20(40-13(4)46)34(61-16(8-43)30(32)63-35-18(38-11(2)44)25(51)22(48)14(6-41)59-35)57-9-17-24(50)31(19(39-12(3)45)33(56-5)62-17)64-37-29(55)27(53)23(49)15(7-42)60-37/h10,14-37,41-43,47-55H,6-9H2,1-5H3,(H,38,44)(H,39,45)(H,40,46)/t10-,14+,15+,16+,17+,18+,19+,20+,21+,22-,23-,24-,25+,26+,27-,28-,29+,30+,31+,32+,33-,34+,35-,36-,37-/m0/s1. The average molecular weight is 950 g/mol. The summed E-state index contributed by atoms with van der Waals surface area (Å²) in [5, 5.41) is 135. The number of hydrogen-bond donors (Lipinski definition) is 15. The molecule has 25 atom stereocenters. The minimum Gasteiger partial charge on any atom is -0.394 e. The summed E-state index contributed by atoms with van der Waals surface area (Å²) in [7, 11) is 1.18. The number of ether oxygens (including phenoxy) is 10. The zero-order chi connectivity index (χ0) is 48.2. The van der Waals surface area contributed by atoms with Gasteiger partial charge in [-0.1, -0.05) is 0 Å². The van der Waals surface area contributed by atoms with Crippen molar-refractivity contribution in [1.29, 1.82) is 0 Å². The van der Waals surface area contributed by atoms with E-state index in [-0.39, 0.29) is 0 Å². The largest absolute Gasteiger partial charge is 0.394 e. The number of amides is 3. The quantitative estimate of drug-likeness (QED) is 0.0683. The third-order valence-electron chi connectivity index (χ3n) is 11.7. The van der Waals surface area contributed by atoms with Crippen molar-refractivity contribution in [2.75, 3.05) is 33.5 Å². The van der Waals surface area contributed by atoms with E-state index in [1.807, 2.05) is 0 Å². The van der Waals surface area contributed by atoms with Gasteiger partial charge in [-0.15, -0.1) is 0 Å². The lowest BCUT2D eigenvalue weighted by atomic mass is 9.93. The Bertz CT molecular complexity index is 1560. The summed E-state index contributed by atoms with van der Waals surface area (Å²) in [4.78, 5) is 37.5. The van der Waals surface area contributed by atoms with E-state index in [9.17, 15) is 75.7 Å². The number of carbonyl (C=O) groups excluding carboxylic acids is 3. The molecule has 28 heteroatoms. The Balaban J connectivity index is 1.49. The van der Waals surface area contributed by atoms with E-state index in [1.165, 1.54) is 14.0 Å². The fourth-order valence-corrected chi connectivity index (χ4v) is 8.26. The third kappa shape index (κ3) is 12.0. The number of nitrogens with one attached hydrogen (secondary N) is 3. The van der Waals surface area contributed by atoms with Crippen LogP contribution < -0.4 is 16.0 Å². The number of rotatable bonds is 16. The molecule has 15 N–H and O–H groups in total. The molecule has 65 heavy (non-hydrogen) atoms. The van der Waals surface area contributed by atoms with Gasteiger partial charge in [0, 0.05) is 27.9 Å². The predicted molar refractivity (Wildman–Crippen MR) is 205 cm³/mol. The Kier molecular flexibility index (Phi) is 19.1. The van der Waals surface area contributed by atoms with Crippen LogP contribution in [0, 0.1) is 0 Å². The molecule has 5 saturated heterocycles. The van der Waals surface area contributed by atoms with Gasteiger partial charge in [-0.3, -0.25) is 14.4 Å². The smallest absolute Gasteiger partial charge is 0.217 e. The first-order valence-corrected chi connectivity index (χ1v) is 20.8. The Morgan fingerprint density at radius 1 is 0.446 bits per heavy atom. The van der Waals surface area contributed by atoms with Gasteiger partial charge < -0.3 is 125 Å². The van der Waals surface area contributed by atoms with E-state index in [1.54, 1.807) is 0 Å². The summed E-state index contributed by atoms with van der Waals surface area (Å²) < 4.78 is 58.9. The fraction of sp³-hybridized carbons (Fsp3) is 0.919. The molecule has 5 aliphatic rings. The van der Waals surface area contributed by atoms with Crippen molar-refractivity contribution in [3.63, 3.8) is 0 Å². The molecule has 0 saturated carbocycles. The summed E-state index contributed by atoms with van der Waals surface area (Å²) in [5.74, 6) is -2.14. The average Bonchev–Trinajstić information content (AvgIpc) is 3.26. The molecule has 0 aliphatic carbocycles. The van der Waals surface area contributed by atoms with Crippen LogP contribution in [0.4, 0.5) is 0 Å². The first-order valence-electron chi connectivity index (χ1n) is 20.8. The molecule has 5 fully saturated rings. The van der Waals surface area contributed by atoms with Crippen molar-refractivity contribution in [2.45, 2.75) is 181 Å². The number of carbonyl (C=O) groups is 3. The molecule has 5 aliphatic heterocycles. The normalized spacial score (nSPS) is 47.1. The lowest BCUT2D eigenvalue weighted by molar-refractivity contribution is -0.370. The minimum atomic E-state index is -1.96. The van der Waals surface area contributed by atoms with Crippen LogP contribution in [-0.4, -0.2) is 266 Å². The second-order valence-electron chi connectivity index (χ2n) is 16.4. The first kappa shape index (κ1) is 53.5. The van der Waals surface area contributed by atoms with Crippen molar-refractivity contribution in [3.8, 4) is 0 Å². The lowest BCUT2D eigenvalue weighted by Gasteiger charge is -2.51. The molecule has 0 aromatic carbocycles. The third-order valence-corrected chi connectivity index (χ3v) is 11.7. The Morgan fingerprint density at radius 3 is 1.42 bits per heavy atom. The van der Waals surface area contributed by atoms with Gasteiger partial charge in [0.05, 0.1) is 32.5 Å². The molecule has 5 rings (SSSR count). The van der Waals surface area contributed by atoms with Gasteiger partial charge in [-0.25, -0.2) is 0 Å². The highest BCUT2D eigenvalue weighted by atomic mass is 16.8. The molecule has 3 amide bonds. The maximum atomic E-state index is 12.9. The van der Waals surface area contributed by atoms with Gasteiger partial charge in [-0.05, 0) is 6.92 Å². The molecule has 28 nitrogen and oxygen atoms in total. The van der Waals surface area contributed by atoms with Crippen molar-refractivity contribution in [2.24, 2.45) is 0 Å². The highest BCUT2D eigenvalue weighted by Crippen LogP contribution is 2.35. The van der Waals surface area contributed by atoms with E-state index in [0.29, 0.717) is 0 Å². The van der Waals surface area contributed by atoms with Crippen molar-refractivity contribution < 1.29 is 123 Å². The number of methoxy groups -OCH3 is 1. The summed E-state index contributed by atoms with van der Waals surface area (Å²) >= 11 is 0. The van der Waals surface area contributed by atoms with Gasteiger partial charge in [0.15, 0.2) is 31.5 Å². The zero-order valence-electron chi connectivity index (χ0n) is 35.9. The predicted octanol–water partition coefficient (Wildman–Crippen LogP) is -9.81. The van der Waals surface area contributed by atoms with E-state index >= 15 is 0 Å². The van der Waals surface area contributed by atoms with Crippen molar-refractivity contribution >= 4 is 17.7 Å². The molecule has 0 bridgehead atoms. The topological polar surface area (TPSA) is 422 Å². The van der Waals surface area contributed by atoms with Gasteiger partial charge in [-0.2, -0.15) is 0 Å². The van der Waals surface area contributed by atoms with E-state index < -0.39 is 197 Å². The molecule has 0 aromatic heterocycles. The van der Waals surface area contributed by atoms with E-state index in [0.717, 1.165) is 20.8 Å². The number of hydrogen-bond acceptors (Lipinski definition) is 25. The second-order valence-corrected chi connectivity index (χ2v) is 16.4. The maximum absolute atomic E-state index is 12.9. The molecular formula is C37H63N3O25. The molecule has 0 unspecified atom stereocenters. The van der Waals surface area contributed by atoms with Crippen LogP contribution in [0.3, 0.4) is 0 Å².